The van der Waals surface area contributed by atoms with Gasteiger partial charge in [0.15, 0.2) is 10.9 Å². The van der Waals surface area contributed by atoms with E-state index < -0.39 is 0 Å². The van der Waals surface area contributed by atoms with Gasteiger partial charge in [-0.25, -0.2) is 0 Å². The number of amides is 1. The number of furan rings is 1. The van der Waals surface area contributed by atoms with Gasteiger partial charge in [0, 0.05) is 11.6 Å². The van der Waals surface area contributed by atoms with Crippen molar-refractivity contribution in [3.8, 4) is 0 Å². The molecule has 1 heterocycles. The molecule has 7 heteroatoms. The van der Waals surface area contributed by atoms with Crippen LogP contribution in [0, 0.1) is 0 Å². The Bertz CT molecular complexity index is 913. The molecule has 3 rings (SSSR count). The SMILES string of the molecule is O=C(Nc1ccccc1NC(=S)NCc1cccc(Cl)c1)c1ccco1. The van der Waals surface area contributed by atoms with Crippen LogP contribution in [0.1, 0.15) is 16.1 Å². The van der Waals surface area contributed by atoms with E-state index in [1.165, 1.54) is 6.26 Å². The average molecular weight is 386 g/mol. The molecule has 0 fully saturated rings. The zero-order valence-electron chi connectivity index (χ0n) is 13.7. The number of benzene rings is 2. The van der Waals surface area contributed by atoms with Crippen LogP contribution in [0.3, 0.4) is 0 Å². The van der Waals surface area contributed by atoms with Crippen LogP contribution in [0.4, 0.5) is 11.4 Å². The molecule has 132 valence electrons. The van der Waals surface area contributed by atoms with Gasteiger partial charge in [-0.3, -0.25) is 4.79 Å². The third-order valence-electron chi connectivity index (χ3n) is 3.51. The summed E-state index contributed by atoms with van der Waals surface area (Å²) in [6.07, 6.45) is 1.45. The number of anilines is 2. The van der Waals surface area contributed by atoms with E-state index in [0.717, 1.165) is 5.56 Å². The van der Waals surface area contributed by atoms with Gasteiger partial charge in [-0.1, -0.05) is 35.9 Å². The molecule has 26 heavy (non-hydrogen) atoms. The monoisotopic (exact) mass is 385 g/mol. The predicted molar refractivity (Wildman–Crippen MR) is 108 cm³/mol. The van der Waals surface area contributed by atoms with Gasteiger partial charge in [-0.05, 0) is 54.2 Å². The first-order valence-corrected chi connectivity index (χ1v) is 8.63. The van der Waals surface area contributed by atoms with Crippen LogP contribution < -0.4 is 16.0 Å². The van der Waals surface area contributed by atoms with E-state index in [-0.39, 0.29) is 11.7 Å². The molecule has 1 amide bonds. The van der Waals surface area contributed by atoms with Gasteiger partial charge in [0.25, 0.3) is 5.91 Å². The van der Waals surface area contributed by atoms with Crippen molar-refractivity contribution >= 4 is 46.2 Å². The molecule has 2 aromatic carbocycles. The Morgan fingerprint density at radius 1 is 1.00 bits per heavy atom. The predicted octanol–water partition coefficient (Wildman–Crippen LogP) is 4.67. The summed E-state index contributed by atoms with van der Waals surface area (Å²) in [5.74, 6) is -0.0940. The van der Waals surface area contributed by atoms with E-state index >= 15 is 0 Å². The summed E-state index contributed by atoms with van der Waals surface area (Å²) in [6, 6.07) is 18.1. The fourth-order valence-corrected chi connectivity index (χ4v) is 2.68. The quantitative estimate of drug-likeness (QED) is 0.557. The molecule has 0 aliphatic carbocycles. The summed E-state index contributed by atoms with van der Waals surface area (Å²) in [5.41, 5.74) is 2.29. The molecule has 0 aliphatic rings. The van der Waals surface area contributed by atoms with E-state index in [4.69, 9.17) is 28.2 Å². The van der Waals surface area contributed by atoms with Gasteiger partial charge in [0.1, 0.15) is 0 Å². The smallest absolute Gasteiger partial charge is 0.291 e. The lowest BCUT2D eigenvalue weighted by molar-refractivity contribution is 0.0996. The number of rotatable bonds is 5. The van der Waals surface area contributed by atoms with Crippen molar-refractivity contribution in [2.75, 3.05) is 10.6 Å². The summed E-state index contributed by atoms with van der Waals surface area (Å²) in [6.45, 7) is 0.535. The molecule has 0 saturated carbocycles. The van der Waals surface area contributed by atoms with Crippen LogP contribution in [-0.2, 0) is 6.54 Å². The first-order chi connectivity index (χ1) is 12.6. The highest BCUT2D eigenvalue weighted by Gasteiger charge is 2.11. The highest BCUT2D eigenvalue weighted by molar-refractivity contribution is 7.80. The van der Waals surface area contributed by atoms with E-state index in [9.17, 15) is 4.79 Å². The molecule has 0 radical (unpaired) electrons. The largest absolute Gasteiger partial charge is 0.459 e. The summed E-state index contributed by atoms with van der Waals surface area (Å²) in [5, 5.41) is 10.1. The second-order valence-electron chi connectivity index (χ2n) is 5.41. The Balaban J connectivity index is 1.62. The Morgan fingerprint density at radius 3 is 2.46 bits per heavy atom. The molecule has 0 bridgehead atoms. The maximum Gasteiger partial charge on any atom is 0.291 e. The molecule has 3 N–H and O–H groups in total. The number of carbonyl (C=O) groups is 1. The fraction of sp³-hybridized carbons (Fsp3) is 0.0526. The lowest BCUT2D eigenvalue weighted by atomic mass is 10.2. The highest BCUT2D eigenvalue weighted by atomic mass is 35.5. The van der Waals surface area contributed by atoms with Crippen LogP contribution in [0.2, 0.25) is 5.02 Å². The average Bonchev–Trinajstić information content (AvgIpc) is 3.17. The summed E-state index contributed by atoms with van der Waals surface area (Å²) in [7, 11) is 0. The molecule has 0 atom stereocenters. The summed E-state index contributed by atoms with van der Waals surface area (Å²) >= 11 is 11.3. The number of carbonyl (C=O) groups excluding carboxylic acids is 1. The Morgan fingerprint density at radius 2 is 1.77 bits per heavy atom. The van der Waals surface area contributed by atoms with Crippen LogP contribution in [-0.4, -0.2) is 11.0 Å². The Labute approximate surface area is 161 Å². The van der Waals surface area contributed by atoms with Crippen LogP contribution in [0.25, 0.3) is 0 Å². The van der Waals surface area contributed by atoms with Crippen molar-refractivity contribution in [2.24, 2.45) is 0 Å². The molecule has 0 spiro atoms. The van der Waals surface area contributed by atoms with Crippen molar-refractivity contribution in [2.45, 2.75) is 6.54 Å². The summed E-state index contributed by atoms with van der Waals surface area (Å²) in [4.78, 5) is 12.2. The zero-order chi connectivity index (χ0) is 18.4. The number of thiocarbonyl (C=S) groups is 1. The van der Waals surface area contributed by atoms with E-state index in [0.29, 0.717) is 28.1 Å². The molecular formula is C19H16ClN3O2S. The van der Waals surface area contributed by atoms with Gasteiger partial charge < -0.3 is 20.4 Å². The first-order valence-electron chi connectivity index (χ1n) is 7.85. The number of nitrogens with one attached hydrogen (secondary N) is 3. The lowest BCUT2D eigenvalue weighted by Gasteiger charge is -2.14. The minimum absolute atomic E-state index is 0.237. The molecule has 5 nitrogen and oxygen atoms in total. The van der Waals surface area contributed by atoms with Crippen LogP contribution >= 0.6 is 23.8 Å². The van der Waals surface area contributed by atoms with Crippen molar-refractivity contribution < 1.29 is 9.21 Å². The van der Waals surface area contributed by atoms with Gasteiger partial charge in [0.2, 0.25) is 0 Å². The molecule has 0 saturated heterocycles. The van der Waals surface area contributed by atoms with Crippen molar-refractivity contribution in [3.63, 3.8) is 0 Å². The minimum Gasteiger partial charge on any atom is -0.459 e. The van der Waals surface area contributed by atoms with Crippen molar-refractivity contribution in [3.05, 3.63) is 83.3 Å². The lowest BCUT2D eigenvalue weighted by Crippen LogP contribution is -2.28. The molecule has 1 aromatic heterocycles. The highest BCUT2D eigenvalue weighted by Crippen LogP contribution is 2.22. The maximum absolute atomic E-state index is 12.2. The normalized spacial score (nSPS) is 10.2. The van der Waals surface area contributed by atoms with Gasteiger partial charge in [-0.2, -0.15) is 0 Å². The minimum atomic E-state index is -0.331. The fourth-order valence-electron chi connectivity index (χ4n) is 2.29. The van der Waals surface area contributed by atoms with Gasteiger partial charge >= 0.3 is 0 Å². The number of hydrogen-bond donors (Lipinski definition) is 3. The van der Waals surface area contributed by atoms with E-state index in [1.807, 2.05) is 42.5 Å². The third kappa shape index (κ3) is 4.84. The van der Waals surface area contributed by atoms with Gasteiger partial charge in [0.05, 0.1) is 17.6 Å². The molecule has 0 unspecified atom stereocenters. The van der Waals surface area contributed by atoms with Crippen molar-refractivity contribution in [1.82, 2.24) is 5.32 Å². The van der Waals surface area contributed by atoms with Gasteiger partial charge in [-0.15, -0.1) is 0 Å². The second kappa shape index (κ2) is 8.51. The maximum atomic E-state index is 12.2. The molecule has 3 aromatic rings. The zero-order valence-corrected chi connectivity index (χ0v) is 15.2. The van der Waals surface area contributed by atoms with E-state index in [2.05, 4.69) is 16.0 Å². The Kier molecular flexibility index (Phi) is 5.88. The molecule has 0 aliphatic heterocycles. The number of para-hydroxylation sites is 2. The standard InChI is InChI=1S/C19H16ClN3O2S/c20-14-6-3-5-13(11-14)12-21-19(26)23-16-8-2-1-7-15(16)22-18(24)17-9-4-10-25-17/h1-11H,12H2,(H,22,24)(H2,21,23,26). The van der Waals surface area contributed by atoms with Crippen molar-refractivity contribution in [1.29, 1.82) is 0 Å². The van der Waals surface area contributed by atoms with Crippen LogP contribution in [0.5, 0.6) is 0 Å². The Hall–Kier alpha value is -2.83. The first kappa shape index (κ1) is 18.0. The number of hydrogen-bond acceptors (Lipinski definition) is 3. The molecular weight excluding hydrogens is 370 g/mol. The van der Waals surface area contributed by atoms with Crippen LogP contribution in [0.15, 0.2) is 71.3 Å². The van der Waals surface area contributed by atoms with E-state index in [1.54, 1.807) is 18.2 Å². The topological polar surface area (TPSA) is 66.3 Å². The second-order valence-corrected chi connectivity index (χ2v) is 6.26. The third-order valence-corrected chi connectivity index (χ3v) is 3.99. The summed E-state index contributed by atoms with van der Waals surface area (Å²) < 4.78 is 5.10. The number of halogens is 1.